The summed E-state index contributed by atoms with van der Waals surface area (Å²) in [7, 11) is 0. The number of benzene rings is 1. The van der Waals surface area contributed by atoms with Crippen LogP contribution in [0.3, 0.4) is 0 Å². The summed E-state index contributed by atoms with van der Waals surface area (Å²) in [6, 6.07) is 5.88. The Morgan fingerprint density at radius 2 is 1.78 bits per heavy atom. The maximum Gasteiger partial charge on any atom is 0.339 e. The van der Waals surface area contributed by atoms with Gasteiger partial charge in [-0.25, -0.2) is 4.79 Å². The number of esters is 1. The van der Waals surface area contributed by atoms with Crippen LogP contribution in [0.15, 0.2) is 12.1 Å². The van der Waals surface area contributed by atoms with Gasteiger partial charge in [0.25, 0.3) is 5.91 Å². The lowest BCUT2D eigenvalue weighted by atomic mass is 9.90. The van der Waals surface area contributed by atoms with Crippen LogP contribution in [-0.2, 0) is 9.53 Å². The van der Waals surface area contributed by atoms with Gasteiger partial charge in [-0.3, -0.25) is 4.79 Å². The fourth-order valence-electron chi connectivity index (χ4n) is 2.33. The third-order valence-corrected chi connectivity index (χ3v) is 4.00. The van der Waals surface area contributed by atoms with Gasteiger partial charge in [0.05, 0.1) is 11.6 Å². The zero-order valence-corrected chi connectivity index (χ0v) is 14.6. The van der Waals surface area contributed by atoms with Crippen LogP contribution in [0, 0.1) is 38.0 Å². The number of amides is 1. The Kier molecular flexibility index (Phi) is 5.91. The van der Waals surface area contributed by atoms with E-state index < -0.39 is 24.0 Å². The Hall–Kier alpha value is -2.35. The number of nitriles is 1. The molecule has 0 aromatic heterocycles. The fraction of sp³-hybridized carbons (Fsp3) is 0.500. The minimum Gasteiger partial charge on any atom is -0.452 e. The maximum atomic E-state index is 12.2. The van der Waals surface area contributed by atoms with Crippen LogP contribution in [0.1, 0.15) is 47.8 Å². The van der Waals surface area contributed by atoms with Crippen molar-refractivity contribution in [1.82, 2.24) is 5.32 Å². The fourth-order valence-corrected chi connectivity index (χ4v) is 2.33. The smallest absolute Gasteiger partial charge is 0.339 e. The first kappa shape index (κ1) is 18.7. The van der Waals surface area contributed by atoms with Crippen molar-refractivity contribution in [2.24, 2.45) is 5.92 Å². The number of carbonyl (C=O) groups is 2. The average molecular weight is 316 g/mol. The van der Waals surface area contributed by atoms with Crippen molar-refractivity contribution in [3.8, 4) is 6.07 Å². The van der Waals surface area contributed by atoms with Crippen LogP contribution in [0.4, 0.5) is 0 Å². The molecule has 1 atom stereocenters. The maximum absolute atomic E-state index is 12.2. The number of carbonyl (C=O) groups excluding carboxylic acids is 2. The number of hydrogen-bond donors (Lipinski definition) is 1. The standard InChI is InChI=1S/C18H24N2O3/c1-11(2)18(6,10-19)20-15(21)9-23-17(22)16-13(4)7-12(3)8-14(16)5/h7-8,11H,9H2,1-6H3,(H,20,21). The predicted octanol–water partition coefficient (Wildman–Crippen LogP) is 2.82. The number of rotatable bonds is 5. The van der Waals surface area contributed by atoms with Crippen molar-refractivity contribution in [2.75, 3.05) is 6.61 Å². The summed E-state index contributed by atoms with van der Waals surface area (Å²) in [5.41, 5.74) is 2.19. The molecule has 0 aliphatic carbocycles. The molecule has 1 aromatic rings. The summed E-state index contributed by atoms with van der Waals surface area (Å²) < 4.78 is 5.10. The molecule has 1 rings (SSSR count). The molecule has 1 unspecified atom stereocenters. The van der Waals surface area contributed by atoms with Gasteiger partial charge in [-0.05, 0) is 44.7 Å². The zero-order valence-electron chi connectivity index (χ0n) is 14.6. The highest BCUT2D eigenvalue weighted by molar-refractivity contribution is 5.94. The van der Waals surface area contributed by atoms with Gasteiger partial charge in [-0.1, -0.05) is 31.5 Å². The summed E-state index contributed by atoms with van der Waals surface area (Å²) in [6.07, 6.45) is 0. The number of hydrogen-bond acceptors (Lipinski definition) is 4. The first-order valence-corrected chi connectivity index (χ1v) is 7.58. The highest BCUT2D eigenvalue weighted by Gasteiger charge is 2.30. The molecule has 124 valence electrons. The van der Waals surface area contributed by atoms with E-state index in [2.05, 4.69) is 11.4 Å². The van der Waals surface area contributed by atoms with Crippen LogP contribution in [0.2, 0.25) is 0 Å². The van der Waals surface area contributed by atoms with Crippen molar-refractivity contribution in [3.05, 3.63) is 34.4 Å². The molecule has 0 aliphatic heterocycles. The highest BCUT2D eigenvalue weighted by Crippen LogP contribution is 2.18. The molecule has 0 heterocycles. The Morgan fingerprint density at radius 1 is 1.26 bits per heavy atom. The lowest BCUT2D eigenvalue weighted by Crippen LogP contribution is -2.50. The molecular formula is C18H24N2O3. The molecule has 5 heteroatoms. The average Bonchev–Trinajstić information content (AvgIpc) is 2.43. The topological polar surface area (TPSA) is 79.2 Å². The second-order valence-corrected chi connectivity index (χ2v) is 6.37. The van der Waals surface area contributed by atoms with Crippen LogP contribution in [-0.4, -0.2) is 24.0 Å². The largest absolute Gasteiger partial charge is 0.452 e. The van der Waals surface area contributed by atoms with Crippen molar-refractivity contribution < 1.29 is 14.3 Å². The van der Waals surface area contributed by atoms with E-state index in [0.29, 0.717) is 5.56 Å². The Bertz CT molecular complexity index is 636. The first-order valence-electron chi connectivity index (χ1n) is 7.58. The van der Waals surface area contributed by atoms with E-state index in [1.807, 2.05) is 46.8 Å². The van der Waals surface area contributed by atoms with Crippen molar-refractivity contribution in [1.29, 1.82) is 5.26 Å². The van der Waals surface area contributed by atoms with Crippen LogP contribution >= 0.6 is 0 Å². The number of nitrogens with zero attached hydrogens (tertiary/aromatic N) is 1. The van der Waals surface area contributed by atoms with Gasteiger partial charge in [-0.2, -0.15) is 5.26 Å². The third-order valence-electron chi connectivity index (χ3n) is 4.00. The van der Waals surface area contributed by atoms with Gasteiger partial charge in [-0.15, -0.1) is 0 Å². The summed E-state index contributed by atoms with van der Waals surface area (Å²) in [6.45, 7) is 10.5. The van der Waals surface area contributed by atoms with Gasteiger partial charge in [0.1, 0.15) is 5.54 Å². The van der Waals surface area contributed by atoms with E-state index in [4.69, 9.17) is 4.74 Å². The number of ether oxygens (including phenoxy) is 1. The Labute approximate surface area is 137 Å². The molecule has 0 aliphatic rings. The quantitative estimate of drug-likeness (QED) is 0.847. The number of nitrogens with one attached hydrogen (secondary N) is 1. The molecular weight excluding hydrogens is 292 g/mol. The minimum atomic E-state index is -0.987. The van der Waals surface area contributed by atoms with E-state index in [-0.39, 0.29) is 5.92 Å². The molecule has 0 saturated heterocycles. The van der Waals surface area contributed by atoms with Crippen molar-refractivity contribution in [3.63, 3.8) is 0 Å². The normalized spacial score (nSPS) is 13.1. The monoisotopic (exact) mass is 316 g/mol. The predicted molar refractivity (Wildman–Crippen MR) is 87.9 cm³/mol. The zero-order chi connectivity index (χ0) is 17.8. The van der Waals surface area contributed by atoms with E-state index in [1.165, 1.54) is 0 Å². The molecule has 0 spiro atoms. The van der Waals surface area contributed by atoms with E-state index in [1.54, 1.807) is 6.92 Å². The summed E-state index contributed by atoms with van der Waals surface area (Å²) in [4.78, 5) is 24.1. The van der Waals surface area contributed by atoms with Crippen molar-refractivity contribution >= 4 is 11.9 Å². The van der Waals surface area contributed by atoms with Crippen LogP contribution in [0.5, 0.6) is 0 Å². The first-order chi connectivity index (χ1) is 10.6. The Morgan fingerprint density at radius 3 is 2.22 bits per heavy atom. The van der Waals surface area contributed by atoms with Gasteiger partial charge < -0.3 is 10.1 Å². The highest BCUT2D eigenvalue weighted by atomic mass is 16.5. The molecule has 1 amide bonds. The molecule has 5 nitrogen and oxygen atoms in total. The third kappa shape index (κ3) is 4.56. The Balaban J connectivity index is 2.75. The number of aryl methyl sites for hydroxylation is 3. The molecule has 0 fully saturated rings. The summed E-state index contributed by atoms with van der Waals surface area (Å²) in [5, 5.41) is 11.8. The molecule has 1 aromatic carbocycles. The molecule has 0 saturated carbocycles. The molecule has 0 bridgehead atoms. The van der Waals surface area contributed by atoms with Gasteiger partial charge in [0.15, 0.2) is 6.61 Å². The SMILES string of the molecule is Cc1cc(C)c(C(=O)OCC(=O)NC(C)(C#N)C(C)C)c(C)c1. The molecule has 1 N–H and O–H groups in total. The van der Waals surface area contributed by atoms with E-state index in [0.717, 1.165) is 16.7 Å². The van der Waals surface area contributed by atoms with Gasteiger partial charge in [0.2, 0.25) is 0 Å². The van der Waals surface area contributed by atoms with Crippen LogP contribution < -0.4 is 5.32 Å². The lowest BCUT2D eigenvalue weighted by Gasteiger charge is -2.27. The molecule has 0 radical (unpaired) electrons. The molecule has 23 heavy (non-hydrogen) atoms. The van der Waals surface area contributed by atoms with E-state index in [9.17, 15) is 14.9 Å². The van der Waals surface area contributed by atoms with Gasteiger partial charge in [0, 0.05) is 0 Å². The van der Waals surface area contributed by atoms with Crippen LogP contribution in [0.25, 0.3) is 0 Å². The van der Waals surface area contributed by atoms with Crippen molar-refractivity contribution in [2.45, 2.75) is 47.1 Å². The van der Waals surface area contributed by atoms with E-state index >= 15 is 0 Å². The van der Waals surface area contributed by atoms with Gasteiger partial charge >= 0.3 is 5.97 Å². The second-order valence-electron chi connectivity index (χ2n) is 6.37. The summed E-state index contributed by atoms with van der Waals surface area (Å²) in [5.74, 6) is -1.08. The lowest BCUT2D eigenvalue weighted by molar-refractivity contribution is -0.125. The second kappa shape index (κ2) is 7.28. The minimum absolute atomic E-state index is 0.0614. The summed E-state index contributed by atoms with van der Waals surface area (Å²) >= 11 is 0.